The highest BCUT2D eigenvalue weighted by atomic mass is 16.2. The van der Waals surface area contributed by atoms with Crippen molar-refractivity contribution in [3.8, 4) is 0 Å². The second kappa shape index (κ2) is 10.8. The molecule has 1 aliphatic heterocycles. The van der Waals surface area contributed by atoms with Crippen LogP contribution >= 0.6 is 0 Å². The zero-order chi connectivity index (χ0) is 24.8. The van der Waals surface area contributed by atoms with Crippen molar-refractivity contribution in [2.45, 2.75) is 25.8 Å². The van der Waals surface area contributed by atoms with E-state index >= 15 is 0 Å². The van der Waals surface area contributed by atoms with Crippen LogP contribution < -0.4 is 10.2 Å². The Labute approximate surface area is 205 Å². The summed E-state index contributed by atoms with van der Waals surface area (Å²) in [6, 6.07) is 24.0. The van der Waals surface area contributed by atoms with Gasteiger partial charge in [0.2, 0.25) is 11.8 Å². The first-order valence-corrected chi connectivity index (χ1v) is 11.7. The van der Waals surface area contributed by atoms with Crippen LogP contribution in [-0.4, -0.2) is 36.2 Å². The quantitative estimate of drug-likeness (QED) is 0.480. The van der Waals surface area contributed by atoms with E-state index < -0.39 is 0 Å². The molecule has 1 unspecified atom stereocenters. The summed E-state index contributed by atoms with van der Waals surface area (Å²) >= 11 is 0. The van der Waals surface area contributed by atoms with E-state index in [0.717, 1.165) is 29.8 Å². The van der Waals surface area contributed by atoms with Gasteiger partial charge in [-0.15, -0.1) is 0 Å². The number of hydrogen-bond acceptors (Lipinski definition) is 3. The Bertz CT molecular complexity index is 1240. The number of carbonyl (C=O) groups is 3. The van der Waals surface area contributed by atoms with E-state index in [2.05, 4.69) is 5.32 Å². The number of anilines is 2. The van der Waals surface area contributed by atoms with Crippen LogP contribution in [0.15, 0.2) is 84.9 Å². The molecular formula is C29H29N3O3. The average Bonchev–Trinajstić information content (AvgIpc) is 3.33. The number of carbonyl (C=O) groups excluding carboxylic acids is 3. The monoisotopic (exact) mass is 467 g/mol. The molecule has 6 nitrogen and oxygen atoms in total. The van der Waals surface area contributed by atoms with E-state index in [1.807, 2.05) is 73.7 Å². The first-order chi connectivity index (χ1) is 16.9. The van der Waals surface area contributed by atoms with E-state index in [1.54, 1.807) is 41.1 Å². The van der Waals surface area contributed by atoms with Crippen LogP contribution in [0.5, 0.6) is 0 Å². The molecule has 4 rings (SSSR count). The van der Waals surface area contributed by atoms with Crippen molar-refractivity contribution in [1.29, 1.82) is 0 Å². The summed E-state index contributed by atoms with van der Waals surface area (Å²) in [6.07, 6.45) is 4.82. The Morgan fingerprint density at radius 2 is 1.74 bits per heavy atom. The molecule has 1 fully saturated rings. The molecule has 0 bridgehead atoms. The van der Waals surface area contributed by atoms with Gasteiger partial charge in [-0.05, 0) is 66.9 Å². The Hall–Kier alpha value is -4.19. The molecule has 178 valence electrons. The molecule has 35 heavy (non-hydrogen) atoms. The molecule has 6 heteroatoms. The molecule has 1 N–H and O–H groups in total. The lowest BCUT2D eigenvalue weighted by molar-refractivity contribution is -0.126. The van der Waals surface area contributed by atoms with Gasteiger partial charge >= 0.3 is 0 Å². The number of amides is 3. The average molecular weight is 468 g/mol. The number of benzene rings is 3. The lowest BCUT2D eigenvalue weighted by Crippen LogP contribution is -2.28. The first-order valence-electron chi connectivity index (χ1n) is 11.7. The highest BCUT2D eigenvalue weighted by Gasteiger charge is 2.21. The lowest BCUT2D eigenvalue weighted by Gasteiger charge is -2.24. The number of nitrogens with zero attached hydrogens (tertiary/aromatic N) is 2. The van der Waals surface area contributed by atoms with Gasteiger partial charge in [-0.1, -0.05) is 42.5 Å². The molecule has 1 atom stereocenters. The third-order valence-electron chi connectivity index (χ3n) is 6.29. The van der Waals surface area contributed by atoms with Crippen molar-refractivity contribution < 1.29 is 14.4 Å². The predicted molar refractivity (Wildman–Crippen MR) is 139 cm³/mol. The zero-order valence-electron chi connectivity index (χ0n) is 20.0. The maximum Gasteiger partial charge on any atom is 0.255 e. The van der Waals surface area contributed by atoms with Gasteiger partial charge < -0.3 is 15.1 Å². The Kier molecular flexibility index (Phi) is 7.41. The highest BCUT2D eigenvalue weighted by molar-refractivity contribution is 6.04. The molecule has 0 radical (unpaired) electrons. The first kappa shape index (κ1) is 24.0. The fraction of sp³-hybridized carbons (Fsp3) is 0.207. The van der Waals surface area contributed by atoms with Crippen molar-refractivity contribution in [3.05, 3.63) is 102 Å². The van der Waals surface area contributed by atoms with E-state index in [1.165, 1.54) is 0 Å². The van der Waals surface area contributed by atoms with E-state index in [4.69, 9.17) is 0 Å². The standard InChI is InChI=1S/C29H29N3O3/c1-21(24-10-6-11-25(20-24)30-29(35)23-8-4-3-5-9-23)31(2)27(33)18-15-22-13-16-26(17-14-22)32-19-7-12-28(32)34/h3-6,8-11,13-18,20-21H,7,12,19H2,1-2H3,(H,30,35)/b18-15+. The molecule has 1 saturated heterocycles. The number of likely N-dealkylation sites (N-methyl/N-ethyl adjacent to an activating group) is 1. The fourth-order valence-electron chi connectivity index (χ4n) is 4.06. The van der Waals surface area contributed by atoms with Crippen LogP contribution in [0.4, 0.5) is 11.4 Å². The molecule has 1 heterocycles. The van der Waals surface area contributed by atoms with E-state index in [9.17, 15) is 14.4 Å². The second-order valence-corrected chi connectivity index (χ2v) is 8.64. The van der Waals surface area contributed by atoms with Gasteiger partial charge in [0.25, 0.3) is 5.91 Å². The van der Waals surface area contributed by atoms with Gasteiger partial charge in [0.05, 0.1) is 6.04 Å². The van der Waals surface area contributed by atoms with Gasteiger partial charge in [0, 0.05) is 43.0 Å². The topological polar surface area (TPSA) is 69.7 Å². The van der Waals surface area contributed by atoms with Crippen molar-refractivity contribution >= 4 is 35.2 Å². The van der Waals surface area contributed by atoms with Crippen LogP contribution in [0.1, 0.15) is 47.3 Å². The number of rotatable bonds is 7. The smallest absolute Gasteiger partial charge is 0.255 e. The van der Waals surface area contributed by atoms with Crippen LogP contribution in [0.25, 0.3) is 6.08 Å². The Morgan fingerprint density at radius 3 is 2.43 bits per heavy atom. The molecule has 0 saturated carbocycles. The minimum absolute atomic E-state index is 0.130. The summed E-state index contributed by atoms with van der Waals surface area (Å²) < 4.78 is 0. The highest BCUT2D eigenvalue weighted by Crippen LogP contribution is 2.24. The number of nitrogens with one attached hydrogen (secondary N) is 1. The molecule has 0 spiro atoms. The fourth-order valence-corrected chi connectivity index (χ4v) is 4.06. The molecule has 1 aliphatic rings. The maximum absolute atomic E-state index is 12.8. The minimum atomic E-state index is -0.190. The van der Waals surface area contributed by atoms with Crippen LogP contribution in [0.3, 0.4) is 0 Å². The summed E-state index contributed by atoms with van der Waals surface area (Å²) in [5, 5.41) is 2.91. The molecule has 0 aliphatic carbocycles. The minimum Gasteiger partial charge on any atom is -0.335 e. The van der Waals surface area contributed by atoms with Gasteiger partial charge in [-0.2, -0.15) is 0 Å². The van der Waals surface area contributed by atoms with E-state index in [0.29, 0.717) is 17.7 Å². The van der Waals surface area contributed by atoms with E-state index in [-0.39, 0.29) is 23.8 Å². The molecule has 3 amide bonds. The summed E-state index contributed by atoms with van der Waals surface area (Å²) in [4.78, 5) is 40.6. The molecule has 3 aromatic carbocycles. The largest absolute Gasteiger partial charge is 0.335 e. The van der Waals surface area contributed by atoms with Gasteiger partial charge in [0.15, 0.2) is 0 Å². The molecular weight excluding hydrogens is 438 g/mol. The summed E-state index contributed by atoms with van der Waals surface area (Å²) in [5.74, 6) is -0.152. The van der Waals surface area contributed by atoms with Crippen molar-refractivity contribution in [2.24, 2.45) is 0 Å². The summed E-state index contributed by atoms with van der Waals surface area (Å²) in [5.41, 5.74) is 3.96. The van der Waals surface area contributed by atoms with Crippen molar-refractivity contribution in [1.82, 2.24) is 4.90 Å². The van der Waals surface area contributed by atoms with Crippen molar-refractivity contribution in [3.63, 3.8) is 0 Å². The summed E-state index contributed by atoms with van der Waals surface area (Å²) in [6.45, 7) is 2.71. The molecule has 0 aromatic heterocycles. The Morgan fingerprint density at radius 1 is 1.00 bits per heavy atom. The zero-order valence-corrected chi connectivity index (χ0v) is 20.0. The second-order valence-electron chi connectivity index (χ2n) is 8.64. The third-order valence-corrected chi connectivity index (χ3v) is 6.29. The van der Waals surface area contributed by atoms with Gasteiger partial charge in [0.1, 0.15) is 0 Å². The maximum atomic E-state index is 12.8. The van der Waals surface area contributed by atoms with Crippen LogP contribution in [0.2, 0.25) is 0 Å². The molecule has 3 aromatic rings. The normalized spacial score (nSPS) is 14.2. The third kappa shape index (κ3) is 5.84. The van der Waals surface area contributed by atoms with Crippen LogP contribution in [-0.2, 0) is 9.59 Å². The van der Waals surface area contributed by atoms with Gasteiger partial charge in [-0.25, -0.2) is 0 Å². The SMILES string of the molecule is CC(c1cccc(NC(=O)c2ccccc2)c1)N(C)C(=O)/C=C/c1ccc(N2CCCC2=O)cc1. The predicted octanol–water partition coefficient (Wildman–Crippen LogP) is 5.30. The van der Waals surface area contributed by atoms with Gasteiger partial charge in [-0.3, -0.25) is 14.4 Å². The lowest BCUT2D eigenvalue weighted by atomic mass is 10.1. The number of hydrogen-bond donors (Lipinski definition) is 1. The summed E-state index contributed by atoms with van der Waals surface area (Å²) in [7, 11) is 1.76. The Balaban J connectivity index is 1.38. The van der Waals surface area contributed by atoms with Crippen molar-refractivity contribution in [2.75, 3.05) is 23.8 Å². The van der Waals surface area contributed by atoms with Crippen LogP contribution in [0, 0.1) is 0 Å².